The van der Waals surface area contributed by atoms with Gasteiger partial charge in [-0.15, -0.1) is 0 Å². The third kappa shape index (κ3) is 2.17. The molecule has 1 heterocycles. The van der Waals surface area contributed by atoms with Gasteiger partial charge in [0, 0.05) is 0 Å². The predicted octanol–water partition coefficient (Wildman–Crippen LogP) is 2.95. The van der Waals surface area contributed by atoms with Gasteiger partial charge in [0.15, 0.2) is 0 Å². The second-order valence-electron chi connectivity index (χ2n) is 3.17. The van der Waals surface area contributed by atoms with Crippen molar-refractivity contribution in [2.24, 2.45) is 0 Å². The van der Waals surface area contributed by atoms with Crippen LogP contribution in [0.3, 0.4) is 0 Å². The largest absolute Gasteiger partial charge is 0.464 e. The molecule has 1 aromatic heterocycles. The molecule has 0 aliphatic heterocycles. The van der Waals surface area contributed by atoms with Crippen LogP contribution in [-0.4, -0.2) is 4.92 Å². The molecule has 80 valence electrons. The molecule has 0 fully saturated rings. The highest BCUT2D eigenvalue weighted by molar-refractivity contribution is 5.76. The predicted molar refractivity (Wildman–Crippen MR) is 59.2 cm³/mol. The van der Waals surface area contributed by atoms with Crippen LogP contribution in [0.1, 0.15) is 11.3 Å². The summed E-state index contributed by atoms with van der Waals surface area (Å²) in [5, 5.41) is 10.6. The smallest absolute Gasteiger partial charge is 0.245 e. The first-order chi connectivity index (χ1) is 7.77. The first kappa shape index (κ1) is 10.2. The minimum Gasteiger partial charge on any atom is -0.464 e. The molecule has 2 aromatic rings. The van der Waals surface area contributed by atoms with Crippen molar-refractivity contribution < 1.29 is 9.34 Å². The standard InChI is InChI=1S/C12H9NO3/c14-13(15)9-11(12-7-4-8-16-12)10-5-2-1-3-6-10/h1-9H/b11-9+. The second-order valence-corrected chi connectivity index (χ2v) is 3.17. The fourth-order valence-electron chi connectivity index (χ4n) is 1.44. The number of rotatable bonds is 3. The number of benzene rings is 1. The summed E-state index contributed by atoms with van der Waals surface area (Å²) in [6, 6.07) is 12.5. The lowest BCUT2D eigenvalue weighted by Crippen LogP contribution is -1.91. The van der Waals surface area contributed by atoms with Crippen LogP contribution in [0.5, 0.6) is 0 Å². The molecule has 4 nitrogen and oxygen atoms in total. The third-order valence-corrected chi connectivity index (χ3v) is 2.11. The van der Waals surface area contributed by atoms with Crippen LogP contribution in [0, 0.1) is 10.1 Å². The Morgan fingerprint density at radius 1 is 1.19 bits per heavy atom. The summed E-state index contributed by atoms with van der Waals surface area (Å²) in [5.41, 5.74) is 1.23. The van der Waals surface area contributed by atoms with Gasteiger partial charge in [-0.3, -0.25) is 10.1 Å². The molecule has 0 saturated heterocycles. The normalized spacial score (nSPS) is 11.4. The molecule has 0 N–H and O–H groups in total. The monoisotopic (exact) mass is 215 g/mol. The molecule has 0 saturated carbocycles. The summed E-state index contributed by atoms with van der Waals surface area (Å²) in [4.78, 5) is 10.1. The lowest BCUT2D eigenvalue weighted by molar-refractivity contribution is -0.401. The van der Waals surface area contributed by atoms with E-state index < -0.39 is 4.92 Å². The van der Waals surface area contributed by atoms with Crippen molar-refractivity contribution >= 4 is 5.57 Å². The minimum atomic E-state index is -0.481. The summed E-state index contributed by atoms with van der Waals surface area (Å²) >= 11 is 0. The van der Waals surface area contributed by atoms with E-state index in [-0.39, 0.29) is 0 Å². The SMILES string of the molecule is O=[N+]([O-])/C=C(\c1ccccc1)c1ccco1. The van der Waals surface area contributed by atoms with Gasteiger partial charge in [0.05, 0.1) is 16.8 Å². The van der Waals surface area contributed by atoms with E-state index >= 15 is 0 Å². The fraction of sp³-hybridized carbons (Fsp3) is 0. The molecule has 4 heteroatoms. The van der Waals surface area contributed by atoms with Gasteiger partial charge in [-0.1, -0.05) is 30.3 Å². The minimum absolute atomic E-state index is 0.468. The maximum absolute atomic E-state index is 10.6. The summed E-state index contributed by atoms with van der Waals surface area (Å²) in [7, 11) is 0. The quantitative estimate of drug-likeness (QED) is 0.584. The average Bonchev–Trinajstić information content (AvgIpc) is 2.80. The van der Waals surface area contributed by atoms with E-state index in [1.54, 1.807) is 24.3 Å². The molecule has 0 aliphatic rings. The molecule has 0 amide bonds. The van der Waals surface area contributed by atoms with Crippen LogP contribution in [-0.2, 0) is 0 Å². The fourth-order valence-corrected chi connectivity index (χ4v) is 1.44. The van der Waals surface area contributed by atoms with Crippen molar-refractivity contribution in [1.82, 2.24) is 0 Å². The second kappa shape index (κ2) is 4.44. The Bertz CT molecular complexity index is 500. The van der Waals surface area contributed by atoms with Crippen molar-refractivity contribution in [3.8, 4) is 0 Å². The van der Waals surface area contributed by atoms with Gasteiger partial charge in [0.25, 0.3) is 0 Å². The molecule has 0 atom stereocenters. The first-order valence-corrected chi connectivity index (χ1v) is 4.72. The Morgan fingerprint density at radius 3 is 2.50 bits per heavy atom. The van der Waals surface area contributed by atoms with Crippen LogP contribution in [0.25, 0.3) is 5.57 Å². The highest BCUT2D eigenvalue weighted by Crippen LogP contribution is 2.23. The maximum atomic E-state index is 10.6. The molecular weight excluding hydrogens is 206 g/mol. The van der Waals surface area contributed by atoms with Crippen molar-refractivity contribution in [1.29, 1.82) is 0 Å². The van der Waals surface area contributed by atoms with E-state index in [1.807, 2.05) is 18.2 Å². The van der Waals surface area contributed by atoms with Gasteiger partial charge in [-0.25, -0.2) is 0 Å². The summed E-state index contributed by atoms with van der Waals surface area (Å²) in [6.45, 7) is 0. The van der Waals surface area contributed by atoms with E-state index in [9.17, 15) is 10.1 Å². The number of nitro groups is 1. The topological polar surface area (TPSA) is 56.3 Å². The van der Waals surface area contributed by atoms with E-state index in [2.05, 4.69) is 0 Å². The van der Waals surface area contributed by atoms with Crippen molar-refractivity contribution in [2.75, 3.05) is 0 Å². The zero-order valence-electron chi connectivity index (χ0n) is 8.37. The molecule has 0 radical (unpaired) electrons. The molecule has 0 spiro atoms. The van der Waals surface area contributed by atoms with Crippen LogP contribution >= 0.6 is 0 Å². The molecule has 0 bridgehead atoms. The summed E-state index contributed by atoms with van der Waals surface area (Å²) < 4.78 is 5.18. The molecule has 0 unspecified atom stereocenters. The van der Waals surface area contributed by atoms with Gasteiger partial charge < -0.3 is 4.42 Å². The van der Waals surface area contributed by atoms with Crippen LogP contribution in [0.4, 0.5) is 0 Å². The van der Waals surface area contributed by atoms with E-state index in [0.717, 1.165) is 11.8 Å². The Labute approximate surface area is 92.0 Å². The van der Waals surface area contributed by atoms with Gasteiger partial charge in [-0.05, 0) is 17.7 Å². The number of hydrogen-bond acceptors (Lipinski definition) is 3. The van der Waals surface area contributed by atoms with Crippen LogP contribution in [0.15, 0.2) is 59.3 Å². The highest BCUT2D eigenvalue weighted by atomic mass is 16.6. The van der Waals surface area contributed by atoms with Gasteiger partial charge in [0.2, 0.25) is 6.20 Å². The van der Waals surface area contributed by atoms with Gasteiger partial charge in [-0.2, -0.15) is 0 Å². The first-order valence-electron chi connectivity index (χ1n) is 4.72. The molecule has 0 aliphatic carbocycles. The van der Waals surface area contributed by atoms with Crippen molar-refractivity contribution in [3.63, 3.8) is 0 Å². The van der Waals surface area contributed by atoms with Crippen molar-refractivity contribution in [2.45, 2.75) is 0 Å². The Balaban J connectivity index is 2.49. The van der Waals surface area contributed by atoms with Gasteiger partial charge in [0.1, 0.15) is 5.76 Å². The number of furan rings is 1. The zero-order valence-corrected chi connectivity index (χ0v) is 8.37. The van der Waals surface area contributed by atoms with Crippen molar-refractivity contribution in [3.05, 3.63) is 76.4 Å². The Hall–Kier alpha value is -2.36. The lowest BCUT2D eigenvalue weighted by Gasteiger charge is -2.00. The van der Waals surface area contributed by atoms with E-state index in [1.165, 1.54) is 6.26 Å². The third-order valence-electron chi connectivity index (χ3n) is 2.11. The maximum Gasteiger partial charge on any atom is 0.245 e. The summed E-state index contributed by atoms with van der Waals surface area (Å²) in [6.07, 6.45) is 2.44. The average molecular weight is 215 g/mol. The van der Waals surface area contributed by atoms with Crippen LogP contribution < -0.4 is 0 Å². The summed E-state index contributed by atoms with van der Waals surface area (Å²) in [5.74, 6) is 0.489. The van der Waals surface area contributed by atoms with E-state index in [0.29, 0.717) is 11.3 Å². The zero-order chi connectivity index (χ0) is 11.4. The highest BCUT2D eigenvalue weighted by Gasteiger charge is 2.11. The number of hydrogen-bond donors (Lipinski definition) is 0. The molecular formula is C12H9NO3. The number of nitrogens with zero attached hydrogens (tertiary/aromatic N) is 1. The lowest BCUT2D eigenvalue weighted by atomic mass is 10.1. The molecule has 1 aromatic carbocycles. The molecule has 16 heavy (non-hydrogen) atoms. The Morgan fingerprint density at radius 2 is 1.94 bits per heavy atom. The Kier molecular flexibility index (Phi) is 2.82. The van der Waals surface area contributed by atoms with Gasteiger partial charge >= 0.3 is 0 Å². The van der Waals surface area contributed by atoms with E-state index in [4.69, 9.17) is 4.42 Å². The molecule has 2 rings (SSSR count). The van der Waals surface area contributed by atoms with Crippen LogP contribution in [0.2, 0.25) is 0 Å².